The van der Waals surface area contributed by atoms with Gasteiger partial charge in [0.05, 0.1) is 23.4 Å². The summed E-state index contributed by atoms with van der Waals surface area (Å²) >= 11 is 6.20. The van der Waals surface area contributed by atoms with Crippen molar-refractivity contribution in [3.8, 4) is 5.75 Å². The third kappa shape index (κ3) is 2.81. The topological polar surface area (TPSA) is 64.4 Å². The van der Waals surface area contributed by atoms with Crippen LogP contribution in [0.2, 0.25) is 5.02 Å². The van der Waals surface area contributed by atoms with Crippen LogP contribution in [0.4, 0.5) is 5.69 Å². The third-order valence-corrected chi connectivity index (χ3v) is 3.87. The number of primary amides is 1. The van der Waals surface area contributed by atoms with Crippen LogP contribution in [0.25, 0.3) is 0 Å². The molecule has 5 heteroatoms. The summed E-state index contributed by atoms with van der Waals surface area (Å²) in [5.74, 6) is 0.408. The number of anilines is 1. The first kappa shape index (κ1) is 13.8. The number of fused-ring (bicyclic) bond motifs is 1. The first-order valence-electron chi connectivity index (χ1n) is 6.73. The Hall–Kier alpha value is -2.20. The smallest absolute Gasteiger partial charge is 0.248 e. The number of rotatable bonds is 3. The molecule has 0 saturated carbocycles. The maximum atomic E-state index is 11.3. The van der Waals surface area contributed by atoms with Crippen LogP contribution in [0.5, 0.6) is 5.75 Å². The minimum atomic E-state index is -0.470. The number of nitrogens with two attached hydrogens (primary N) is 1. The van der Waals surface area contributed by atoms with Gasteiger partial charge >= 0.3 is 0 Å². The number of hydrogen-bond donors (Lipinski definition) is 2. The molecule has 0 aliphatic carbocycles. The summed E-state index contributed by atoms with van der Waals surface area (Å²) in [5, 5.41) is 3.94. The molecule has 0 aromatic heterocycles. The van der Waals surface area contributed by atoms with Crippen LogP contribution in [-0.2, 0) is 0 Å². The Bertz CT molecular complexity index is 688. The molecule has 1 amide bonds. The molecule has 3 N–H and O–H groups in total. The van der Waals surface area contributed by atoms with Crippen molar-refractivity contribution in [1.29, 1.82) is 0 Å². The fraction of sp³-hybridized carbons (Fsp3) is 0.188. The quantitative estimate of drug-likeness (QED) is 0.913. The van der Waals surface area contributed by atoms with Gasteiger partial charge in [0, 0.05) is 17.5 Å². The summed E-state index contributed by atoms with van der Waals surface area (Å²) in [6.45, 7) is 0.641. The zero-order valence-electron chi connectivity index (χ0n) is 11.3. The zero-order chi connectivity index (χ0) is 14.8. The molecule has 0 saturated heterocycles. The Balaban J connectivity index is 1.91. The van der Waals surface area contributed by atoms with Crippen molar-refractivity contribution in [1.82, 2.24) is 0 Å². The summed E-state index contributed by atoms with van der Waals surface area (Å²) in [6, 6.07) is 13.0. The second-order valence-corrected chi connectivity index (χ2v) is 5.34. The van der Waals surface area contributed by atoms with E-state index in [0.717, 1.165) is 17.7 Å². The molecule has 1 aliphatic heterocycles. The highest BCUT2D eigenvalue weighted by molar-refractivity contribution is 6.33. The van der Waals surface area contributed by atoms with Gasteiger partial charge < -0.3 is 15.8 Å². The van der Waals surface area contributed by atoms with E-state index in [2.05, 4.69) is 5.32 Å². The Morgan fingerprint density at radius 3 is 2.90 bits per heavy atom. The summed E-state index contributed by atoms with van der Waals surface area (Å²) in [6.07, 6.45) is 0.828. The van der Waals surface area contributed by atoms with Crippen molar-refractivity contribution >= 4 is 23.2 Å². The van der Waals surface area contributed by atoms with Gasteiger partial charge in [-0.05, 0) is 24.3 Å². The highest BCUT2D eigenvalue weighted by atomic mass is 35.5. The lowest BCUT2D eigenvalue weighted by Gasteiger charge is -2.27. The van der Waals surface area contributed by atoms with Gasteiger partial charge in [-0.1, -0.05) is 29.8 Å². The molecule has 2 aromatic rings. The van der Waals surface area contributed by atoms with Gasteiger partial charge in [-0.3, -0.25) is 4.79 Å². The molecule has 0 spiro atoms. The zero-order valence-corrected chi connectivity index (χ0v) is 12.1. The van der Waals surface area contributed by atoms with Crippen LogP contribution >= 0.6 is 11.6 Å². The molecule has 1 aliphatic rings. The van der Waals surface area contributed by atoms with Crippen molar-refractivity contribution in [2.75, 3.05) is 11.9 Å². The Kier molecular flexibility index (Phi) is 3.71. The molecule has 1 heterocycles. The molecule has 0 fully saturated rings. The average Bonchev–Trinajstić information content (AvgIpc) is 2.49. The Morgan fingerprint density at radius 2 is 2.10 bits per heavy atom. The van der Waals surface area contributed by atoms with Crippen LogP contribution in [0.15, 0.2) is 42.5 Å². The Morgan fingerprint density at radius 1 is 1.29 bits per heavy atom. The molecule has 1 unspecified atom stereocenters. The van der Waals surface area contributed by atoms with E-state index in [4.69, 9.17) is 22.1 Å². The molecule has 2 aromatic carbocycles. The fourth-order valence-corrected chi connectivity index (χ4v) is 2.64. The molecule has 3 rings (SSSR count). The number of hydrogen-bond acceptors (Lipinski definition) is 3. The van der Waals surface area contributed by atoms with E-state index in [9.17, 15) is 4.79 Å². The number of ether oxygens (including phenoxy) is 1. The van der Waals surface area contributed by atoms with E-state index in [1.807, 2.05) is 24.3 Å². The van der Waals surface area contributed by atoms with Crippen LogP contribution < -0.4 is 15.8 Å². The highest BCUT2D eigenvalue weighted by Gasteiger charge is 2.21. The van der Waals surface area contributed by atoms with E-state index in [1.165, 1.54) is 0 Å². The van der Waals surface area contributed by atoms with Gasteiger partial charge in [0.15, 0.2) is 0 Å². The number of amides is 1. The predicted octanol–water partition coefficient (Wildman–Crippen LogP) is 3.37. The number of benzene rings is 2. The maximum Gasteiger partial charge on any atom is 0.248 e. The SMILES string of the molecule is NC(=O)c1ccc(Cl)c(NC2CCOc3ccccc32)c1. The third-order valence-electron chi connectivity index (χ3n) is 3.54. The van der Waals surface area contributed by atoms with Gasteiger partial charge in [0.1, 0.15) is 5.75 Å². The Labute approximate surface area is 127 Å². The van der Waals surface area contributed by atoms with E-state index >= 15 is 0 Å². The number of carbonyl (C=O) groups is 1. The number of halogens is 1. The minimum Gasteiger partial charge on any atom is -0.493 e. The van der Waals surface area contributed by atoms with Gasteiger partial charge in [-0.15, -0.1) is 0 Å². The van der Waals surface area contributed by atoms with Crippen molar-refractivity contribution in [2.24, 2.45) is 5.73 Å². The van der Waals surface area contributed by atoms with Crippen molar-refractivity contribution < 1.29 is 9.53 Å². The molecular formula is C16H15ClN2O2. The van der Waals surface area contributed by atoms with Gasteiger partial charge in [-0.2, -0.15) is 0 Å². The van der Waals surface area contributed by atoms with Crippen molar-refractivity contribution in [3.05, 3.63) is 58.6 Å². The normalized spacial score (nSPS) is 16.7. The van der Waals surface area contributed by atoms with Crippen molar-refractivity contribution in [2.45, 2.75) is 12.5 Å². The molecule has 21 heavy (non-hydrogen) atoms. The highest BCUT2D eigenvalue weighted by Crippen LogP contribution is 2.35. The lowest BCUT2D eigenvalue weighted by Crippen LogP contribution is -2.20. The number of para-hydroxylation sites is 1. The van der Waals surface area contributed by atoms with Gasteiger partial charge in [0.25, 0.3) is 0 Å². The summed E-state index contributed by atoms with van der Waals surface area (Å²) in [5.41, 5.74) is 7.54. The molecule has 108 valence electrons. The number of nitrogens with one attached hydrogen (secondary N) is 1. The first-order chi connectivity index (χ1) is 10.1. The number of carbonyl (C=O) groups excluding carboxylic acids is 1. The first-order valence-corrected chi connectivity index (χ1v) is 7.10. The fourth-order valence-electron chi connectivity index (χ4n) is 2.47. The predicted molar refractivity (Wildman–Crippen MR) is 82.9 cm³/mol. The summed E-state index contributed by atoms with van der Waals surface area (Å²) in [7, 11) is 0. The van der Waals surface area contributed by atoms with Crippen LogP contribution in [0.3, 0.4) is 0 Å². The maximum absolute atomic E-state index is 11.3. The minimum absolute atomic E-state index is 0.0931. The van der Waals surface area contributed by atoms with E-state index in [1.54, 1.807) is 18.2 Å². The van der Waals surface area contributed by atoms with Crippen LogP contribution in [0.1, 0.15) is 28.4 Å². The van der Waals surface area contributed by atoms with Crippen molar-refractivity contribution in [3.63, 3.8) is 0 Å². The largest absolute Gasteiger partial charge is 0.493 e. The van der Waals surface area contributed by atoms with E-state index < -0.39 is 5.91 Å². The lowest BCUT2D eigenvalue weighted by atomic mass is 10.00. The summed E-state index contributed by atoms with van der Waals surface area (Å²) < 4.78 is 5.64. The average molecular weight is 303 g/mol. The van der Waals surface area contributed by atoms with E-state index in [0.29, 0.717) is 22.9 Å². The standard InChI is InChI=1S/C16H15ClN2O2/c17-12-6-5-10(16(18)20)9-14(12)19-13-7-8-21-15-4-2-1-3-11(13)15/h1-6,9,13,19H,7-8H2,(H2,18,20). The molecule has 0 radical (unpaired) electrons. The monoisotopic (exact) mass is 302 g/mol. The van der Waals surface area contributed by atoms with E-state index in [-0.39, 0.29) is 6.04 Å². The lowest BCUT2D eigenvalue weighted by molar-refractivity contribution is 0.100. The van der Waals surface area contributed by atoms with Crippen LogP contribution in [-0.4, -0.2) is 12.5 Å². The van der Waals surface area contributed by atoms with Crippen LogP contribution in [0, 0.1) is 0 Å². The summed E-state index contributed by atoms with van der Waals surface area (Å²) in [4.78, 5) is 11.3. The second kappa shape index (κ2) is 5.66. The molecule has 0 bridgehead atoms. The van der Waals surface area contributed by atoms with Gasteiger partial charge in [-0.25, -0.2) is 0 Å². The molecule has 1 atom stereocenters. The molecule has 4 nitrogen and oxygen atoms in total. The second-order valence-electron chi connectivity index (χ2n) is 4.93. The molecular weight excluding hydrogens is 288 g/mol. The van der Waals surface area contributed by atoms with Gasteiger partial charge in [0.2, 0.25) is 5.91 Å².